The van der Waals surface area contributed by atoms with Crippen molar-refractivity contribution in [2.75, 3.05) is 11.9 Å². The van der Waals surface area contributed by atoms with Crippen molar-refractivity contribution in [3.8, 4) is 0 Å². The fourth-order valence-corrected chi connectivity index (χ4v) is 4.15. The van der Waals surface area contributed by atoms with Crippen LogP contribution in [0.2, 0.25) is 5.02 Å². The zero-order chi connectivity index (χ0) is 22.0. The number of nitrogens with one attached hydrogen (secondary N) is 3. The van der Waals surface area contributed by atoms with Crippen LogP contribution in [0.5, 0.6) is 0 Å². The number of amides is 1. The molecule has 0 saturated carbocycles. The van der Waals surface area contributed by atoms with E-state index in [4.69, 9.17) is 16.3 Å². The Morgan fingerprint density at radius 3 is 2.74 bits per heavy atom. The van der Waals surface area contributed by atoms with Crippen LogP contribution in [0.3, 0.4) is 0 Å². The van der Waals surface area contributed by atoms with E-state index in [-0.39, 0.29) is 29.9 Å². The Bertz CT molecular complexity index is 1110. The van der Waals surface area contributed by atoms with Crippen molar-refractivity contribution in [2.24, 2.45) is 0 Å². The Morgan fingerprint density at radius 2 is 2.03 bits per heavy atom. The molecular weight excluding hydrogens is 418 g/mol. The summed E-state index contributed by atoms with van der Waals surface area (Å²) < 4.78 is 5.97. The quantitative estimate of drug-likeness (QED) is 0.506. The number of H-pyrrole nitrogens is 1. The molecule has 0 spiro atoms. The number of aromatic amines is 1. The standard InChI is InChI=1S/C22H24ClN5O3/c1-12(27-13(2)29)18-8-7-14(10-31-18)28-22-19-16(9-24-21(19)25-11-26-22)20(30)15-5-3-4-6-17(15)23/h3-6,9,11-12,14,18H,7-8,10H2,1-2H3,(H,27,29)(H2,24,25,26,28)/t12?,14-,18+/m1/s1. The van der Waals surface area contributed by atoms with Gasteiger partial charge < -0.3 is 20.4 Å². The summed E-state index contributed by atoms with van der Waals surface area (Å²) in [4.78, 5) is 36.1. The third-order valence-corrected chi connectivity index (χ3v) is 5.80. The maximum atomic E-state index is 13.1. The molecule has 4 rings (SSSR count). The van der Waals surface area contributed by atoms with E-state index in [0.717, 1.165) is 12.8 Å². The average Bonchev–Trinajstić information content (AvgIpc) is 3.19. The number of ketones is 1. The number of fused-ring (bicyclic) bond motifs is 1. The molecule has 0 radical (unpaired) electrons. The van der Waals surface area contributed by atoms with Gasteiger partial charge in [-0.2, -0.15) is 0 Å². The molecule has 1 unspecified atom stereocenters. The van der Waals surface area contributed by atoms with Gasteiger partial charge in [0.05, 0.1) is 40.8 Å². The molecule has 1 aliphatic heterocycles. The number of aromatic nitrogens is 3. The summed E-state index contributed by atoms with van der Waals surface area (Å²) in [7, 11) is 0. The summed E-state index contributed by atoms with van der Waals surface area (Å²) in [5.74, 6) is 0.310. The van der Waals surface area contributed by atoms with Crippen molar-refractivity contribution in [3.05, 3.63) is 52.9 Å². The van der Waals surface area contributed by atoms with Gasteiger partial charge in [0.1, 0.15) is 17.8 Å². The largest absolute Gasteiger partial charge is 0.374 e. The number of anilines is 1. The van der Waals surface area contributed by atoms with Crippen LogP contribution in [-0.2, 0) is 9.53 Å². The summed E-state index contributed by atoms with van der Waals surface area (Å²) in [5.41, 5.74) is 1.46. The SMILES string of the molecule is CC(=O)NC(C)[C@@H]1CC[C@@H](Nc2ncnc3[nH]cc(C(=O)c4ccccc4Cl)c23)CO1. The van der Waals surface area contributed by atoms with E-state index in [1.165, 1.54) is 13.3 Å². The molecule has 3 atom stereocenters. The molecule has 1 amide bonds. The molecule has 31 heavy (non-hydrogen) atoms. The number of hydrogen-bond donors (Lipinski definition) is 3. The Labute approximate surface area is 184 Å². The first-order valence-electron chi connectivity index (χ1n) is 10.2. The van der Waals surface area contributed by atoms with Crippen LogP contribution in [-0.4, -0.2) is 51.4 Å². The number of halogens is 1. The Hall–Kier alpha value is -2.97. The highest BCUT2D eigenvalue weighted by Gasteiger charge is 2.28. The minimum absolute atomic E-state index is 0.0250. The molecular formula is C22H24ClN5O3. The van der Waals surface area contributed by atoms with Crippen molar-refractivity contribution in [1.82, 2.24) is 20.3 Å². The number of carbonyl (C=O) groups excluding carboxylic acids is 2. The number of ether oxygens (including phenoxy) is 1. The van der Waals surface area contributed by atoms with Gasteiger partial charge in [-0.25, -0.2) is 9.97 Å². The van der Waals surface area contributed by atoms with Crippen LogP contribution in [0, 0.1) is 0 Å². The predicted molar refractivity (Wildman–Crippen MR) is 118 cm³/mol. The monoisotopic (exact) mass is 441 g/mol. The maximum absolute atomic E-state index is 13.1. The third-order valence-electron chi connectivity index (χ3n) is 5.47. The van der Waals surface area contributed by atoms with E-state index < -0.39 is 0 Å². The second kappa shape index (κ2) is 9.03. The van der Waals surface area contributed by atoms with Crippen LogP contribution in [0.25, 0.3) is 11.0 Å². The van der Waals surface area contributed by atoms with E-state index in [1.54, 1.807) is 30.5 Å². The first-order valence-corrected chi connectivity index (χ1v) is 10.6. The minimum atomic E-state index is -0.196. The summed E-state index contributed by atoms with van der Waals surface area (Å²) >= 11 is 6.23. The van der Waals surface area contributed by atoms with Crippen molar-refractivity contribution in [3.63, 3.8) is 0 Å². The van der Waals surface area contributed by atoms with E-state index in [0.29, 0.717) is 39.6 Å². The highest BCUT2D eigenvalue weighted by atomic mass is 35.5. The van der Waals surface area contributed by atoms with Crippen LogP contribution < -0.4 is 10.6 Å². The smallest absolute Gasteiger partial charge is 0.217 e. The molecule has 1 saturated heterocycles. The van der Waals surface area contributed by atoms with Gasteiger partial charge >= 0.3 is 0 Å². The lowest BCUT2D eigenvalue weighted by atomic mass is 9.99. The normalized spacial score (nSPS) is 19.7. The first-order chi connectivity index (χ1) is 14.9. The van der Waals surface area contributed by atoms with E-state index in [1.807, 2.05) is 6.92 Å². The molecule has 1 fully saturated rings. The van der Waals surface area contributed by atoms with Gasteiger partial charge in [0.2, 0.25) is 5.91 Å². The average molecular weight is 442 g/mol. The lowest BCUT2D eigenvalue weighted by Gasteiger charge is -2.33. The van der Waals surface area contributed by atoms with Crippen molar-refractivity contribution < 1.29 is 14.3 Å². The molecule has 1 aliphatic rings. The number of hydrogen-bond acceptors (Lipinski definition) is 6. The second-order valence-electron chi connectivity index (χ2n) is 7.74. The van der Waals surface area contributed by atoms with Crippen LogP contribution in [0.15, 0.2) is 36.8 Å². The fraction of sp³-hybridized carbons (Fsp3) is 0.364. The second-order valence-corrected chi connectivity index (χ2v) is 8.14. The molecule has 162 valence electrons. The van der Waals surface area contributed by atoms with Crippen LogP contribution >= 0.6 is 11.6 Å². The molecule has 0 bridgehead atoms. The number of nitrogens with zero attached hydrogens (tertiary/aromatic N) is 2. The van der Waals surface area contributed by atoms with Gasteiger partial charge in [-0.1, -0.05) is 23.7 Å². The third kappa shape index (κ3) is 4.55. The molecule has 3 aromatic rings. The summed E-state index contributed by atoms with van der Waals surface area (Å²) in [6.45, 7) is 3.92. The van der Waals surface area contributed by atoms with E-state index in [9.17, 15) is 9.59 Å². The zero-order valence-corrected chi connectivity index (χ0v) is 18.1. The first kappa shape index (κ1) is 21.3. The molecule has 9 heteroatoms. The van der Waals surface area contributed by atoms with Gasteiger partial charge in [0, 0.05) is 18.7 Å². The van der Waals surface area contributed by atoms with Gasteiger partial charge in [-0.3, -0.25) is 9.59 Å². The lowest BCUT2D eigenvalue weighted by Crippen LogP contribution is -2.46. The molecule has 3 heterocycles. The highest BCUT2D eigenvalue weighted by molar-refractivity contribution is 6.35. The van der Waals surface area contributed by atoms with Crippen molar-refractivity contribution in [2.45, 2.75) is 44.9 Å². The van der Waals surface area contributed by atoms with E-state index >= 15 is 0 Å². The predicted octanol–water partition coefficient (Wildman–Crippen LogP) is 3.33. The number of rotatable bonds is 6. The van der Waals surface area contributed by atoms with E-state index in [2.05, 4.69) is 25.6 Å². The fourth-order valence-electron chi connectivity index (χ4n) is 3.93. The molecule has 3 N–H and O–H groups in total. The van der Waals surface area contributed by atoms with Crippen molar-refractivity contribution >= 4 is 40.1 Å². The number of carbonyl (C=O) groups is 2. The van der Waals surface area contributed by atoms with Gasteiger partial charge in [0.15, 0.2) is 5.78 Å². The van der Waals surface area contributed by atoms with Crippen molar-refractivity contribution in [1.29, 1.82) is 0 Å². The molecule has 8 nitrogen and oxygen atoms in total. The number of benzene rings is 1. The summed E-state index contributed by atoms with van der Waals surface area (Å²) in [5, 5.41) is 7.31. The minimum Gasteiger partial charge on any atom is -0.374 e. The molecule has 2 aromatic heterocycles. The van der Waals surface area contributed by atoms with Crippen LogP contribution in [0.4, 0.5) is 5.82 Å². The Morgan fingerprint density at radius 1 is 1.23 bits per heavy atom. The highest BCUT2D eigenvalue weighted by Crippen LogP contribution is 2.29. The van der Waals surface area contributed by atoms with Gasteiger partial charge in [-0.15, -0.1) is 0 Å². The molecule has 1 aromatic carbocycles. The molecule has 0 aliphatic carbocycles. The Kier molecular flexibility index (Phi) is 6.20. The Balaban J connectivity index is 1.53. The van der Waals surface area contributed by atoms with Crippen LogP contribution in [0.1, 0.15) is 42.6 Å². The lowest BCUT2D eigenvalue weighted by molar-refractivity contribution is -0.121. The summed E-state index contributed by atoms with van der Waals surface area (Å²) in [6.07, 6.45) is 4.70. The summed E-state index contributed by atoms with van der Waals surface area (Å²) in [6, 6.07) is 6.93. The van der Waals surface area contributed by atoms with Gasteiger partial charge in [-0.05, 0) is 31.9 Å². The van der Waals surface area contributed by atoms with Gasteiger partial charge in [0.25, 0.3) is 0 Å². The zero-order valence-electron chi connectivity index (χ0n) is 17.3. The topological polar surface area (TPSA) is 109 Å². The maximum Gasteiger partial charge on any atom is 0.217 e.